The summed E-state index contributed by atoms with van der Waals surface area (Å²) in [6.07, 6.45) is 3.22. The number of hydrogen-bond acceptors (Lipinski definition) is 4. The highest BCUT2D eigenvalue weighted by molar-refractivity contribution is 5.97. The maximum atomic E-state index is 13.8. The number of primary amides is 1. The molecule has 134 valence electrons. The minimum atomic E-state index is -0.883. The molecule has 2 rings (SSSR count). The van der Waals surface area contributed by atoms with Crippen LogP contribution in [-0.2, 0) is 4.79 Å². The zero-order valence-corrected chi connectivity index (χ0v) is 14.5. The number of amides is 2. The maximum Gasteiger partial charge on any atom is 0.256 e. The molecule has 1 aromatic carbocycles. The Balaban J connectivity index is 2.53. The molecule has 2 N–H and O–H groups in total. The summed E-state index contributed by atoms with van der Waals surface area (Å²) in [6.45, 7) is 3.40. The van der Waals surface area contributed by atoms with Gasteiger partial charge in [0.1, 0.15) is 11.9 Å². The molecule has 0 radical (unpaired) electrons. The zero-order valence-electron chi connectivity index (χ0n) is 14.5. The van der Waals surface area contributed by atoms with E-state index in [0.29, 0.717) is 12.0 Å². The molecule has 2 atom stereocenters. The van der Waals surface area contributed by atoms with Gasteiger partial charge in [0.05, 0.1) is 23.2 Å². The summed E-state index contributed by atoms with van der Waals surface area (Å²) in [5.41, 5.74) is 6.31. The van der Waals surface area contributed by atoms with Gasteiger partial charge in [0.15, 0.2) is 0 Å². The van der Waals surface area contributed by atoms with E-state index in [1.807, 2.05) is 6.07 Å². The molecular weight excluding hydrogens is 335 g/mol. The van der Waals surface area contributed by atoms with E-state index in [4.69, 9.17) is 11.0 Å². The van der Waals surface area contributed by atoms with Crippen molar-refractivity contribution in [2.24, 2.45) is 5.73 Å². The first-order valence-corrected chi connectivity index (χ1v) is 8.11. The summed E-state index contributed by atoms with van der Waals surface area (Å²) in [5, 5.41) is 9.06. The Morgan fingerprint density at radius 1 is 1.38 bits per heavy atom. The van der Waals surface area contributed by atoms with Crippen molar-refractivity contribution in [2.45, 2.75) is 32.4 Å². The van der Waals surface area contributed by atoms with Crippen LogP contribution in [0, 0.1) is 17.1 Å². The number of nitriles is 1. The van der Waals surface area contributed by atoms with Crippen molar-refractivity contribution in [3.8, 4) is 6.07 Å². The summed E-state index contributed by atoms with van der Waals surface area (Å²) >= 11 is 0. The molecular formula is C19H19FN4O2. The Hall–Kier alpha value is -3.27. The number of nitrogens with two attached hydrogens (primary N) is 1. The van der Waals surface area contributed by atoms with Gasteiger partial charge in [-0.25, -0.2) is 4.39 Å². The van der Waals surface area contributed by atoms with Gasteiger partial charge in [-0.2, -0.15) is 5.26 Å². The molecule has 0 aliphatic heterocycles. The summed E-state index contributed by atoms with van der Waals surface area (Å²) < 4.78 is 13.8. The number of nitrogens with zero attached hydrogens (tertiary/aromatic N) is 3. The van der Waals surface area contributed by atoms with Crippen molar-refractivity contribution in [2.75, 3.05) is 0 Å². The van der Waals surface area contributed by atoms with Gasteiger partial charge in [-0.05, 0) is 49.2 Å². The lowest BCUT2D eigenvalue weighted by Crippen LogP contribution is -2.48. The monoisotopic (exact) mass is 354 g/mol. The third-order valence-electron chi connectivity index (χ3n) is 4.14. The molecule has 1 aromatic heterocycles. The van der Waals surface area contributed by atoms with Crippen molar-refractivity contribution in [3.05, 3.63) is 65.2 Å². The van der Waals surface area contributed by atoms with Crippen molar-refractivity contribution < 1.29 is 14.0 Å². The SMILES string of the molecule is CC[C@H](C(N)=O)N(C(=O)c1cccnc1)[C@H](C)c1cc(F)cc(C#N)c1. The van der Waals surface area contributed by atoms with Crippen molar-refractivity contribution in [1.82, 2.24) is 9.88 Å². The molecule has 0 aliphatic carbocycles. The first-order valence-electron chi connectivity index (χ1n) is 8.11. The number of pyridine rings is 1. The summed E-state index contributed by atoms with van der Waals surface area (Å²) in [4.78, 5) is 30.2. The van der Waals surface area contributed by atoms with Crippen LogP contribution in [-0.4, -0.2) is 27.7 Å². The van der Waals surface area contributed by atoms with Gasteiger partial charge in [-0.15, -0.1) is 0 Å². The predicted molar refractivity (Wildman–Crippen MR) is 93.2 cm³/mol. The Morgan fingerprint density at radius 3 is 2.65 bits per heavy atom. The molecule has 0 spiro atoms. The van der Waals surface area contributed by atoms with Crippen LogP contribution in [0.5, 0.6) is 0 Å². The van der Waals surface area contributed by atoms with E-state index >= 15 is 0 Å². The Labute approximate surface area is 151 Å². The number of aromatic nitrogens is 1. The number of hydrogen-bond donors (Lipinski definition) is 1. The van der Waals surface area contributed by atoms with Gasteiger partial charge in [0, 0.05) is 12.4 Å². The van der Waals surface area contributed by atoms with E-state index in [0.717, 1.165) is 6.07 Å². The Kier molecular flexibility index (Phi) is 6.02. The third kappa shape index (κ3) is 4.03. The molecule has 0 saturated carbocycles. The molecule has 2 amide bonds. The first-order chi connectivity index (χ1) is 12.4. The second-order valence-corrected chi connectivity index (χ2v) is 5.84. The minimum Gasteiger partial charge on any atom is -0.368 e. The molecule has 2 aromatic rings. The van der Waals surface area contributed by atoms with Crippen molar-refractivity contribution in [3.63, 3.8) is 0 Å². The van der Waals surface area contributed by atoms with Gasteiger partial charge in [-0.1, -0.05) is 6.92 Å². The second-order valence-electron chi connectivity index (χ2n) is 5.84. The van der Waals surface area contributed by atoms with Crippen LogP contribution >= 0.6 is 0 Å². The second kappa shape index (κ2) is 8.21. The van der Waals surface area contributed by atoms with Crippen LogP contribution in [0.1, 0.15) is 47.8 Å². The van der Waals surface area contributed by atoms with E-state index in [1.165, 1.54) is 29.4 Å². The van der Waals surface area contributed by atoms with Crippen molar-refractivity contribution >= 4 is 11.8 Å². The van der Waals surface area contributed by atoms with Crippen molar-refractivity contribution in [1.29, 1.82) is 5.26 Å². The summed E-state index contributed by atoms with van der Waals surface area (Å²) in [6, 6.07) is 7.35. The van der Waals surface area contributed by atoms with Crippen LogP contribution in [0.15, 0.2) is 42.7 Å². The number of carbonyl (C=O) groups is 2. The molecule has 0 fully saturated rings. The van der Waals surface area contributed by atoms with E-state index in [9.17, 15) is 14.0 Å². The van der Waals surface area contributed by atoms with Crippen LogP contribution in [0.2, 0.25) is 0 Å². The van der Waals surface area contributed by atoms with Crippen LogP contribution in [0.4, 0.5) is 4.39 Å². The fourth-order valence-corrected chi connectivity index (χ4v) is 2.84. The van der Waals surface area contributed by atoms with Crippen LogP contribution in [0.25, 0.3) is 0 Å². The van der Waals surface area contributed by atoms with E-state index in [1.54, 1.807) is 26.0 Å². The zero-order chi connectivity index (χ0) is 19.3. The van der Waals surface area contributed by atoms with Crippen LogP contribution < -0.4 is 5.73 Å². The van der Waals surface area contributed by atoms with Gasteiger partial charge < -0.3 is 10.6 Å². The number of rotatable bonds is 6. The van der Waals surface area contributed by atoms with Gasteiger partial charge in [0.2, 0.25) is 5.91 Å². The third-order valence-corrected chi connectivity index (χ3v) is 4.14. The lowest BCUT2D eigenvalue weighted by atomic mass is 10.00. The van der Waals surface area contributed by atoms with E-state index in [-0.39, 0.29) is 11.1 Å². The molecule has 7 heteroatoms. The smallest absolute Gasteiger partial charge is 0.256 e. The average Bonchev–Trinajstić information content (AvgIpc) is 2.64. The molecule has 0 aliphatic rings. The number of halogens is 1. The normalized spacial score (nSPS) is 12.7. The largest absolute Gasteiger partial charge is 0.368 e. The van der Waals surface area contributed by atoms with E-state index in [2.05, 4.69) is 4.98 Å². The molecule has 6 nitrogen and oxygen atoms in total. The molecule has 26 heavy (non-hydrogen) atoms. The minimum absolute atomic E-state index is 0.132. The fraction of sp³-hybridized carbons (Fsp3) is 0.263. The average molecular weight is 354 g/mol. The Morgan fingerprint density at radius 2 is 2.12 bits per heavy atom. The summed E-state index contributed by atoms with van der Waals surface area (Å²) in [7, 11) is 0. The van der Waals surface area contributed by atoms with Gasteiger partial charge in [0.25, 0.3) is 5.91 Å². The number of benzene rings is 1. The highest BCUT2D eigenvalue weighted by Crippen LogP contribution is 2.27. The molecule has 0 unspecified atom stereocenters. The highest BCUT2D eigenvalue weighted by Gasteiger charge is 2.32. The number of carbonyl (C=O) groups excluding carboxylic acids is 2. The lowest BCUT2D eigenvalue weighted by molar-refractivity contribution is -0.123. The highest BCUT2D eigenvalue weighted by atomic mass is 19.1. The summed E-state index contributed by atoms with van der Waals surface area (Å²) in [5.74, 6) is -1.70. The molecule has 0 bridgehead atoms. The van der Waals surface area contributed by atoms with E-state index < -0.39 is 29.7 Å². The Bertz CT molecular complexity index is 848. The fourth-order valence-electron chi connectivity index (χ4n) is 2.84. The predicted octanol–water partition coefficient (Wildman–Crippen LogP) is 2.56. The van der Waals surface area contributed by atoms with Gasteiger partial charge >= 0.3 is 0 Å². The van der Waals surface area contributed by atoms with Gasteiger partial charge in [-0.3, -0.25) is 14.6 Å². The first kappa shape index (κ1) is 19.1. The maximum absolute atomic E-state index is 13.8. The van der Waals surface area contributed by atoms with Crippen LogP contribution in [0.3, 0.4) is 0 Å². The lowest BCUT2D eigenvalue weighted by Gasteiger charge is -2.35. The molecule has 1 heterocycles. The topological polar surface area (TPSA) is 100 Å². The molecule has 0 saturated heterocycles. The quantitative estimate of drug-likeness (QED) is 0.861. The standard InChI is InChI=1S/C19H19FN4O2/c1-3-17(18(22)25)24(19(26)14-5-4-6-23-11-14)12(2)15-7-13(10-21)8-16(20)9-15/h4-9,11-12,17H,3H2,1-2H3,(H2,22,25)/t12-,17-/m1/s1.